The number of benzene rings is 2. The number of aromatic nitrogens is 1. The number of carbonyl (C=O) groups excluding carboxylic acids is 3. The van der Waals surface area contributed by atoms with Crippen LogP contribution in [0.4, 0.5) is 11.4 Å². The van der Waals surface area contributed by atoms with Crippen LogP contribution in [0.15, 0.2) is 60.9 Å². The predicted octanol–water partition coefficient (Wildman–Crippen LogP) is 4.41. The van der Waals surface area contributed by atoms with Crippen molar-refractivity contribution in [3.8, 4) is 0 Å². The number of nitrogens with one attached hydrogen (secondary N) is 2. The van der Waals surface area contributed by atoms with Crippen molar-refractivity contribution in [3.05, 3.63) is 88.7 Å². The van der Waals surface area contributed by atoms with Crippen LogP contribution in [0, 0.1) is 13.8 Å². The monoisotopic (exact) mass is 387 g/mol. The van der Waals surface area contributed by atoms with Crippen LogP contribution in [-0.4, -0.2) is 22.6 Å². The largest absolute Gasteiger partial charge is 0.322 e. The Bertz CT molecular complexity index is 1070. The first kappa shape index (κ1) is 19.9. The van der Waals surface area contributed by atoms with Gasteiger partial charge in [0.2, 0.25) is 0 Å². The highest BCUT2D eigenvalue weighted by atomic mass is 16.2. The Morgan fingerprint density at radius 2 is 1.31 bits per heavy atom. The fraction of sp³-hybridized carbons (Fsp3) is 0.130. The summed E-state index contributed by atoms with van der Waals surface area (Å²) in [6, 6.07) is 13.9. The normalized spacial score (nSPS) is 10.3. The zero-order valence-corrected chi connectivity index (χ0v) is 16.4. The third-order valence-electron chi connectivity index (χ3n) is 4.53. The van der Waals surface area contributed by atoms with Crippen LogP contribution >= 0.6 is 0 Å². The molecule has 29 heavy (non-hydrogen) atoms. The Morgan fingerprint density at radius 3 is 1.86 bits per heavy atom. The number of aryl methyl sites for hydroxylation is 2. The maximum absolute atomic E-state index is 12.6. The molecule has 2 aromatic carbocycles. The summed E-state index contributed by atoms with van der Waals surface area (Å²) in [4.78, 5) is 40.5. The molecule has 1 heterocycles. The summed E-state index contributed by atoms with van der Waals surface area (Å²) in [5.41, 5.74) is 4.31. The van der Waals surface area contributed by atoms with E-state index in [0.29, 0.717) is 11.3 Å². The molecule has 0 aliphatic rings. The number of anilines is 2. The van der Waals surface area contributed by atoms with Gasteiger partial charge >= 0.3 is 0 Å². The molecule has 0 saturated heterocycles. The van der Waals surface area contributed by atoms with E-state index >= 15 is 0 Å². The van der Waals surface area contributed by atoms with Crippen LogP contribution in [0.1, 0.15) is 49.1 Å². The predicted molar refractivity (Wildman–Crippen MR) is 113 cm³/mol. The summed E-state index contributed by atoms with van der Waals surface area (Å²) in [7, 11) is 0. The smallest absolute Gasteiger partial charge is 0.257 e. The van der Waals surface area contributed by atoms with E-state index < -0.39 is 5.91 Å². The molecule has 0 aliphatic heterocycles. The van der Waals surface area contributed by atoms with Gasteiger partial charge in [0.15, 0.2) is 5.78 Å². The summed E-state index contributed by atoms with van der Waals surface area (Å²) < 4.78 is 0. The molecule has 2 N–H and O–H groups in total. The summed E-state index contributed by atoms with van der Waals surface area (Å²) in [5, 5.41) is 5.62. The van der Waals surface area contributed by atoms with Gasteiger partial charge in [0, 0.05) is 29.3 Å². The van der Waals surface area contributed by atoms with Crippen molar-refractivity contribution in [2.75, 3.05) is 10.6 Å². The minimum absolute atomic E-state index is 0.0466. The van der Waals surface area contributed by atoms with Crippen molar-refractivity contribution in [2.45, 2.75) is 20.8 Å². The Morgan fingerprint density at radius 1 is 0.759 bits per heavy atom. The Kier molecular flexibility index (Phi) is 5.83. The molecule has 6 heteroatoms. The molecule has 0 unspecified atom stereocenters. The molecule has 0 atom stereocenters. The molecule has 6 nitrogen and oxygen atoms in total. The minimum Gasteiger partial charge on any atom is -0.322 e. The van der Waals surface area contributed by atoms with E-state index in [0.717, 1.165) is 16.8 Å². The van der Waals surface area contributed by atoms with Crippen LogP contribution in [0.25, 0.3) is 0 Å². The number of hydrogen-bond donors (Lipinski definition) is 2. The average molecular weight is 387 g/mol. The van der Waals surface area contributed by atoms with Crippen LogP contribution in [0.2, 0.25) is 0 Å². The minimum atomic E-state index is -0.394. The number of hydrogen-bond acceptors (Lipinski definition) is 4. The van der Waals surface area contributed by atoms with Crippen molar-refractivity contribution in [2.24, 2.45) is 0 Å². The zero-order chi connectivity index (χ0) is 21.0. The third kappa shape index (κ3) is 4.73. The summed E-state index contributed by atoms with van der Waals surface area (Å²) in [5.74, 6) is -0.778. The highest BCUT2D eigenvalue weighted by Gasteiger charge is 2.14. The standard InChI is InChI=1S/C23H21N3O3/c1-14-5-4-6-15(2)21(14)26-23(29)19-11-18(12-24-13-19)22(28)25-20-9-7-17(8-10-20)16(3)27/h4-13H,1-3H3,(H,25,28)(H,26,29). The number of Topliss-reactive ketones (excluding diaryl/α,β-unsaturated/α-hetero) is 1. The van der Waals surface area contributed by atoms with Crippen molar-refractivity contribution < 1.29 is 14.4 Å². The summed E-state index contributed by atoms with van der Waals surface area (Å²) >= 11 is 0. The van der Waals surface area contributed by atoms with E-state index in [9.17, 15) is 14.4 Å². The lowest BCUT2D eigenvalue weighted by Crippen LogP contribution is -2.17. The van der Waals surface area contributed by atoms with Gasteiger partial charge in [0.25, 0.3) is 11.8 Å². The van der Waals surface area contributed by atoms with E-state index in [2.05, 4.69) is 15.6 Å². The van der Waals surface area contributed by atoms with Crippen LogP contribution in [0.5, 0.6) is 0 Å². The van der Waals surface area contributed by atoms with Crippen LogP contribution in [-0.2, 0) is 0 Å². The molecule has 3 rings (SSSR count). The number of carbonyl (C=O) groups is 3. The molecule has 1 aromatic heterocycles. The highest BCUT2D eigenvalue weighted by molar-refractivity contribution is 6.08. The summed E-state index contributed by atoms with van der Waals surface area (Å²) in [6.07, 6.45) is 2.82. The van der Waals surface area contributed by atoms with Crippen molar-refractivity contribution in [3.63, 3.8) is 0 Å². The number of nitrogens with zero attached hydrogens (tertiary/aromatic N) is 1. The van der Waals surface area contributed by atoms with Gasteiger partial charge in [-0.3, -0.25) is 19.4 Å². The van der Waals surface area contributed by atoms with Gasteiger partial charge in [-0.15, -0.1) is 0 Å². The second-order valence-corrected chi connectivity index (χ2v) is 6.77. The van der Waals surface area contributed by atoms with Crippen molar-refractivity contribution >= 4 is 29.0 Å². The molecule has 0 fully saturated rings. The average Bonchev–Trinajstić information content (AvgIpc) is 2.71. The van der Waals surface area contributed by atoms with Gasteiger partial charge < -0.3 is 10.6 Å². The first-order chi connectivity index (χ1) is 13.8. The molecule has 0 radical (unpaired) electrons. The zero-order valence-electron chi connectivity index (χ0n) is 16.4. The van der Waals surface area contributed by atoms with Crippen LogP contribution < -0.4 is 10.6 Å². The second-order valence-electron chi connectivity index (χ2n) is 6.77. The first-order valence-electron chi connectivity index (χ1n) is 9.10. The lowest BCUT2D eigenvalue weighted by Gasteiger charge is -2.12. The van der Waals surface area contributed by atoms with Gasteiger partial charge in [-0.2, -0.15) is 0 Å². The number of amides is 2. The van der Waals surface area contributed by atoms with E-state index in [1.54, 1.807) is 24.3 Å². The van der Waals surface area contributed by atoms with Crippen molar-refractivity contribution in [1.82, 2.24) is 4.98 Å². The van der Waals surface area contributed by atoms with Gasteiger partial charge in [-0.1, -0.05) is 18.2 Å². The molecule has 0 saturated carbocycles. The third-order valence-corrected chi connectivity index (χ3v) is 4.53. The van der Waals surface area contributed by atoms with Gasteiger partial charge in [-0.05, 0) is 62.2 Å². The molecule has 0 bridgehead atoms. The van der Waals surface area contributed by atoms with Crippen LogP contribution in [0.3, 0.4) is 0 Å². The van der Waals surface area contributed by atoms with E-state index in [-0.39, 0.29) is 22.8 Å². The van der Waals surface area contributed by atoms with Gasteiger partial charge in [-0.25, -0.2) is 0 Å². The lowest BCUT2D eigenvalue weighted by atomic mass is 10.1. The molecule has 2 amide bonds. The SMILES string of the molecule is CC(=O)c1ccc(NC(=O)c2cncc(C(=O)Nc3c(C)cccc3C)c2)cc1. The molecule has 146 valence electrons. The fourth-order valence-corrected chi connectivity index (χ4v) is 2.88. The number of ketones is 1. The summed E-state index contributed by atoms with van der Waals surface area (Å²) in [6.45, 7) is 5.32. The van der Waals surface area contributed by atoms with Gasteiger partial charge in [0.05, 0.1) is 11.1 Å². The Labute approximate surface area is 169 Å². The molecule has 0 spiro atoms. The number of rotatable bonds is 5. The van der Waals surface area contributed by atoms with Gasteiger partial charge in [0.1, 0.15) is 0 Å². The maximum atomic E-state index is 12.6. The fourth-order valence-electron chi connectivity index (χ4n) is 2.88. The second kappa shape index (κ2) is 8.48. The number of pyridine rings is 1. The topological polar surface area (TPSA) is 88.2 Å². The molecular weight excluding hydrogens is 366 g/mol. The first-order valence-corrected chi connectivity index (χ1v) is 9.10. The maximum Gasteiger partial charge on any atom is 0.257 e. The van der Waals surface area contributed by atoms with E-state index in [4.69, 9.17) is 0 Å². The Balaban J connectivity index is 1.75. The molecule has 3 aromatic rings. The lowest BCUT2D eigenvalue weighted by molar-refractivity contribution is 0.101. The Hall–Kier alpha value is -3.80. The van der Waals surface area contributed by atoms with Crippen molar-refractivity contribution in [1.29, 1.82) is 0 Å². The number of para-hydroxylation sites is 1. The van der Waals surface area contributed by atoms with E-state index in [1.807, 2.05) is 32.0 Å². The van der Waals surface area contributed by atoms with E-state index in [1.165, 1.54) is 25.4 Å². The highest BCUT2D eigenvalue weighted by Crippen LogP contribution is 2.20. The molecular formula is C23H21N3O3. The molecule has 0 aliphatic carbocycles. The quantitative estimate of drug-likeness (QED) is 0.635.